The molecular formula is C19H23ClN2O2S. The van der Waals surface area contributed by atoms with Crippen molar-refractivity contribution < 1.29 is 9.00 Å². The van der Waals surface area contributed by atoms with Gasteiger partial charge in [-0.25, -0.2) is 0 Å². The van der Waals surface area contributed by atoms with Crippen LogP contribution in [-0.4, -0.2) is 23.2 Å². The number of nitrogens with one attached hydrogen (secondary N) is 2. The topological polar surface area (TPSA) is 58.2 Å². The highest BCUT2D eigenvalue weighted by atomic mass is 35.5. The molecule has 4 nitrogen and oxygen atoms in total. The lowest BCUT2D eigenvalue weighted by molar-refractivity contribution is -0.120. The summed E-state index contributed by atoms with van der Waals surface area (Å²) in [6, 6.07) is 17.1. The maximum absolute atomic E-state index is 12.4. The van der Waals surface area contributed by atoms with Gasteiger partial charge >= 0.3 is 0 Å². The molecule has 0 spiro atoms. The third kappa shape index (κ3) is 5.66. The van der Waals surface area contributed by atoms with Crippen molar-refractivity contribution in [2.75, 3.05) is 18.4 Å². The first-order valence-electron chi connectivity index (χ1n) is 8.26. The number of halogens is 1. The number of benzene rings is 2. The van der Waals surface area contributed by atoms with Gasteiger partial charge in [0.1, 0.15) is 0 Å². The molecule has 2 aromatic carbocycles. The normalized spacial score (nSPS) is 15.8. The van der Waals surface area contributed by atoms with Crippen LogP contribution in [0.3, 0.4) is 0 Å². The summed E-state index contributed by atoms with van der Waals surface area (Å²) in [4.78, 5) is 13.1. The molecule has 1 atom stereocenters. The van der Waals surface area contributed by atoms with Gasteiger partial charge in [-0.1, -0.05) is 30.3 Å². The van der Waals surface area contributed by atoms with Gasteiger partial charge < -0.3 is 10.6 Å². The fourth-order valence-corrected chi connectivity index (χ4v) is 3.98. The third-order valence-corrected chi connectivity index (χ3v) is 5.60. The first-order chi connectivity index (χ1) is 11.7. The number of carbonyl (C=O) groups excluding carboxylic acids is 1. The first kappa shape index (κ1) is 19.6. The molecule has 0 aromatic heterocycles. The Morgan fingerprint density at radius 2 is 1.80 bits per heavy atom. The zero-order valence-electron chi connectivity index (χ0n) is 13.9. The van der Waals surface area contributed by atoms with E-state index in [1.54, 1.807) is 0 Å². The Labute approximate surface area is 157 Å². The molecule has 25 heavy (non-hydrogen) atoms. The van der Waals surface area contributed by atoms with Gasteiger partial charge in [-0.3, -0.25) is 9.00 Å². The Kier molecular flexibility index (Phi) is 7.62. The Balaban J connectivity index is 0.00000225. The molecule has 1 heterocycles. The Hall–Kier alpha value is -1.69. The highest BCUT2D eigenvalue weighted by Crippen LogP contribution is 2.18. The van der Waals surface area contributed by atoms with Crippen molar-refractivity contribution in [2.24, 2.45) is 5.92 Å². The van der Waals surface area contributed by atoms with E-state index in [1.165, 1.54) is 0 Å². The van der Waals surface area contributed by atoms with E-state index in [4.69, 9.17) is 0 Å². The summed E-state index contributed by atoms with van der Waals surface area (Å²) in [7, 11) is -1.08. The van der Waals surface area contributed by atoms with E-state index in [0.717, 1.165) is 42.1 Å². The van der Waals surface area contributed by atoms with Crippen LogP contribution in [0.1, 0.15) is 18.4 Å². The molecule has 0 saturated carbocycles. The molecule has 0 radical (unpaired) electrons. The Bertz CT molecular complexity index is 718. The van der Waals surface area contributed by atoms with E-state index in [1.807, 2.05) is 54.6 Å². The average molecular weight is 379 g/mol. The van der Waals surface area contributed by atoms with Crippen LogP contribution in [0.2, 0.25) is 0 Å². The third-order valence-electron chi connectivity index (χ3n) is 4.21. The average Bonchev–Trinajstić information content (AvgIpc) is 2.63. The first-order valence-corrected chi connectivity index (χ1v) is 9.58. The maximum Gasteiger partial charge on any atom is 0.227 e. The van der Waals surface area contributed by atoms with Gasteiger partial charge in [-0.15, -0.1) is 12.4 Å². The van der Waals surface area contributed by atoms with E-state index in [0.29, 0.717) is 5.75 Å². The van der Waals surface area contributed by atoms with Crippen molar-refractivity contribution in [1.29, 1.82) is 0 Å². The van der Waals surface area contributed by atoms with Gasteiger partial charge in [0.2, 0.25) is 5.91 Å². The van der Waals surface area contributed by atoms with E-state index < -0.39 is 10.8 Å². The van der Waals surface area contributed by atoms with Gasteiger partial charge in [0, 0.05) is 16.5 Å². The number of piperidine rings is 1. The van der Waals surface area contributed by atoms with Crippen molar-refractivity contribution in [1.82, 2.24) is 5.32 Å². The Morgan fingerprint density at radius 3 is 2.52 bits per heavy atom. The van der Waals surface area contributed by atoms with Gasteiger partial charge in [0.25, 0.3) is 0 Å². The lowest BCUT2D eigenvalue weighted by Gasteiger charge is -2.21. The number of anilines is 1. The zero-order valence-corrected chi connectivity index (χ0v) is 15.6. The van der Waals surface area contributed by atoms with E-state index in [9.17, 15) is 9.00 Å². The molecule has 2 N–H and O–H groups in total. The van der Waals surface area contributed by atoms with Crippen LogP contribution in [0.5, 0.6) is 0 Å². The highest BCUT2D eigenvalue weighted by molar-refractivity contribution is 7.84. The van der Waals surface area contributed by atoms with Crippen LogP contribution in [-0.2, 0) is 21.3 Å². The van der Waals surface area contributed by atoms with Crippen LogP contribution >= 0.6 is 12.4 Å². The fourth-order valence-electron chi connectivity index (χ4n) is 2.87. The van der Waals surface area contributed by atoms with Crippen LogP contribution in [0, 0.1) is 5.92 Å². The number of amides is 1. The molecule has 1 unspecified atom stereocenters. The monoisotopic (exact) mass is 378 g/mol. The molecule has 3 rings (SSSR count). The van der Waals surface area contributed by atoms with Gasteiger partial charge in [-0.05, 0) is 55.8 Å². The second-order valence-corrected chi connectivity index (χ2v) is 7.47. The predicted molar refractivity (Wildman–Crippen MR) is 104 cm³/mol. The summed E-state index contributed by atoms with van der Waals surface area (Å²) < 4.78 is 12.4. The van der Waals surface area contributed by atoms with Crippen molar-refractivity contribution >= 4 is 34.8 Å². The minimum Gasteiger partial charge on any atom is -0.326 e. The van der Waals surface area contributed by atoms with E-state index >= 15 is 0 Å². The lowest BCUT2D eigenvalue weighted by Crippen LogP contribution is -2.34. The summed E-state index contributed by atoms with van der Waals surface area (Å²) in [6.45, 7) is 1.79. The van der Waals surface area contributed by atoms with Crippen molar-refractivity contribution in [3.05, 3.63) is 60.2 Å². The molecule has 134 valence electrons. The number of hydrogen-bond donors (Lipinski definition) is 2. The van der Waals surface area contributed by atoms with Gasteiger partial charge in [-0.2, -0.15) is 0 Å². The van der Waals surface area contributed by atoms with Gasteiger partial charge in [0.15, 0.2) is 0 Å². The summed E-state index contributed by atoms with van der Waals surface area (Å²) in [5, 5.41) is 6.27. The maximum atomic E-state index is 12.4. The van der Waals surface area contributed by atoms with Crippen molar-refractivity contribution in [3.8, 4) is 0 Å². The van der Waals surface area contributed by atoms with Crippen LogP contribution in [0.4, 0.5) is 5.69 Å². The SMILES string of the molecule is Cl.O=C(Nc1cccc(CS(=O)c2ccccc2)c1)C1CCNCC1. The van der Waals surface area contributed by atoms with Crippen LogP contribution < -0.4 is 10.6 Å². The van der Waals surface area contributed by atoms with Crippen LogP contribution in [0.25, 0.3) is 0 Å². The zero-order chi connectivity index (χ0) is 16.8. The lowest BCUT2D eigenvalue weighted by atomic mass is 9.97. The van der Waals surface area contributed by atoms with E-state index in [-0.39, 0.29) is 24.2 Å². The number of carbonyl (C=O) groups is 1. The van der Waals surface area contributed by atoms with Crippen molar-refractivity contribution in [2.45, 2.75) is 23.5 Å². The summed E-state index contributed by atoms with van der Waals surface area (Å²) in [5.41, 5.74) is 1.74. The molecule has 0 aliphatic carbocycles. The molecule has 2 aromatic rings. The summed E-state index contributed by atoms with van der Waals surface area (Å²) in [5.74, 6) is 0.604. The predicted octanol–water partition coefficient (Wildman–Crippen LogP) is 3.35. The second-order valence-electron chi connectivity index (χ2n) is 6.02. The molecular weight excluding hydrogens is 356 g/mol. The van der Waals surface area contributed by atoms with Crippen LogP contribution in [0.15, 0.2) is 59.5 Å². The summed E-state index contributed by atoms with van der Waals surface area (Å²) in [6.07, 6.45) is 1.76. The molecule has 1 fully saturated rings. The second kappa shape index (κ2) is 9.70. The molecule has 1 saturated heterocycles. The minimum atomic E-state index is -1.08. The standard InChI is InChI=1S/C19H22N2O2S.ClH/c22-19(16-9-11-20-12-10-16)21-17-6-4-5-15(13-17)14-24(23)18-7-2-1-3-8-18;/h1-8,13,16,20H,9-12,14H2,(H,21,22);1H. The minimum absolute atomic E-state index is 0. The quantitative estimate of drug-likeness (QED) is 0.838. The highest BCUT2D eigenvalue weighted by Gasteiger charge is 2.20. The van der Waals surface area contributed by atoms with Gasteiger partial charge in [0.05, 0.1) is 16.6 Å². The molecule has 1 aliphatic heterocycles. The molecule has 1 amide bonds. The number of hydrogen-bond acceptors (Lipinski definition) is 3. The fraction of sp³-hybridized carbons (Fsp3) is 0.316. The Morgan fingerprint density at radius 1 is 1.08 bits per heavy atom. The smallest absolute Gasteiger partial charge is 0.227 e. The number of rotatable bonds is 5. The van der Waals surface area contributed by atoms with Crippen molar-refractivity contribution in [3.63, 3.8) is 0 Å². The molecule has 1 aliphatic rings. The molecule has 0 bridgehead atoms. The van der Waals surface area contributed by atoms with E-state index in [2.05, 4.69) is 10.6 Å². The molecule has 6 heteroatoms. The summed E-state index contributed by atoms with van der Waals surface area (Å²) >= 11 is 0. The largest absolute Gasteiger partial charge is 0.326 e.